The number of aromatic amines is 1. The molecule has 1 fully saturated rings. The number of hydrogen-bond acceptors (Lipinski definition) is 1. The molecule has 1 aliphatic rings. The SMILES string of the molecule is NC1(c2c[nH]c3cc(Cl)ccc23)CCC(F)(F)CC1. The minimum absolute atomic E-state index is 0.149. The molecule has 0 bridgehead atoms. The van der Waals surface area contributed by atoms with Gasteiger partial charge in [-0.2, -0.15) is 0 Å². The summed E-state index contributed by atoms with van der Waals surface area (Å²) in [5, 5.41) is 1.61. The van der Waals surface area contributed by atoms with Crippen molar-refractivity contribution in [3.63, 3.8) is 0 Å². The fourth-order valence-corrected chi connectivity index (χ4v) is 3.01. The second kappa shape index (κ2) is 4.18. The van der Waals surface area contributed by atoms with Crippen LogP contribution in [0.4, 0.5) is 8.78 Å². The van der Waals surface area contributed by atoms with Crippen LogP contribution >= 0.6 is 11.6 Å². The number of rotatable bonds is 1. The first-order valence-corrected chi connectivity index (χ1v) is 6.71. The van der Waals surface area contributed by atoms with E-state index in [1.165, 1.54) is 0 Å². The fourth-order valence-electron chi connectivity index (χ4n) is 2.84. The molecule has 1 saturated carbocycles. The molecule has 5 heteroatoms. The van der Waals surface area contributed by atoms with Crippen molar-refractivity contribution < 1.29 is 8.78 Å². The largest absolute Gasteiger partial charge is 0.361 e. The van der Waals surface area contributed by atoms with Crippen molar-refractivity contribution >= 4 is 22.5 Å². The normalized spacial score (nSPS) is 21.7. The van der Waals surface area contributed by atoms with E-state index in [-0.39, 0.29) is 12.8 Å². The summed E-state index contributed by atoms with van der Waals surface area (Å²) in [5.74, 6) is -2.57. The van der Waals surface area contributed by atoms with Crippen LogP contribution in [-0.4, -0.2) is 10.9 Å². The van der Waals surface area contributed by atoms with Crippen LogP contribution in [0.15, 0.2) is 24.4 Å². The van der Waals surface area contributed by atoms with Crippen LogP contribution in [0.1, 0.15) is 31.2 Å². The smallest absolute Gasteiger partial charge is 0.248 e. The van der Waals surface area contributed by atoms with Crippen molar-refractivity contribution in [3.05, 3.63) is 35.0 Å². The Labute approximate surface area is 114 Å². The number of fused-ring (bicyclic) bond motifs is 1. The van der Waals surface area contributed by atoms with Gasteiger partial charge in [0, 0.05) is 40.5 Å². The van der Waals surface area contributed by atoms with Crippen LogP contribution in [0.5, 0.6) is 0 Å². The fraction of sp³-hybridized carbons (Fsp3) is 0.429. The summed E-state index contributed by atoms with van der Waals surface area (Å²) in [6, 6.07) is 5.51. The molecule has 1 aromatic carbocycles. The Morgan fingerprint density at radius 2 is 1.84 bits per heavy atom. The van der Waals surface area contributed by atoms with Gasteiger partial charge in [-0.05, 0) is 30.5 Å². The molecule has 0 unspecified atom stereocenters. The predicted octanol–water partition coefficient (Wildman–Crippen LogP) is 4.18. The molecule has 3 N–H and O–H groups in total. The van der Waals surface area contributed by atoms with Crippen LogP contribution in [0, 0.1) is 0 Å². The maximum Gasteiger partial charge on any atom is 0.248 e. The van der Waals surface area contributed by atoms with E-state index in [9.17, 15) is 8.78 Å². The Hall–Kier alpha value is -1.13. The standard InChI is InChI=1S/C14H15ClF2N2/c15-9-1-2-10-11(8-19-12(10)7-9)13(18)3-5-14(16,17)6-4-13/h1-2,7-8,19H,3-6,18H2. The zero-order valence-corrected chi connectivity index (χ0v) is 11.1. The Morgan fingerprint density at radius 1 is 1.16 bits per heavy atom. The molecule has 0 spiro atoms. The van der Waals surface area contributed by atoms with E-state index in [4.69, 9.17) is 17.3 Å². The summed E-state index contributed by atoms with van der Waals surface area (Å²) in [6.07, 6.45) is 2.13. The number of hydrogen-bond donors (Lipinski definition) is 2. The van der Waals surface area contributed by atoms with Gasteiger partial charge in [0.15, 0.2) is 0 Å². The van der Waals surface area contributed by atoms with Crippen molar-refractivity contribution in [2.45, 2.75) is 37.1 Å². The van der Waals surface area contributed by atoms with Crippen molar-refractivity contribution in [2.24, 2.45) is 5.73 Å². The third-order valence-electron chi connectivity index (χ3n) is 4.05. The highest BCUT2D eigenvalue weighted by Crippen LogP contribution is 2.44. The van der Waals surface area contributed by atoms with Crippen molar-refractivity contribution in [1.82, 2.24) is 4.98 Å². The predicted molar refractivity (Wildman–Crippen MR) is 72.6 cm³/mol. The maximum atomic E-state index is 13.3. The molecule has 2 aromatic rings. The van der Waals surface area contributed by atoms with Crippen molar-refractivity contribution in [3.8, 4) is 0 Å². The minimum Gasteiger partial charge on any atom is -0.361 e. The van der Waals surface area contributed by atoms with E-state index in [0.29, 0.717) is 17.9 Å². The topological polar surface area (TPSA) is 41.8 Å². The first-order chi connectivity index (χ1) is 8.90. The molecular formula is C14H15ClF2N2. The summed E-state index contributed by atoms with van der Waals surface area (Å²) < 4.78 is 26.6. The molecule has 0 radical (unpaired) electrons. The van der Waals surface area contributed by atoms with E-state index in [1.807, 2.05) is 18.3 Å². The van der Waals surface area contributed by atoms with Gasteiger partial charge in [-0.15, -0.1) is 0 Å². The molecule has 1 aromatic heterocycles. The highest BCUT2D eigenvalue weighted by molar-refractivity contribution is 6.31. The average Bonchev–Trinajstić information content (AvgIpc) is 2.77. The van der Waals surface area contributed by atoms with E-state index in [2.05, 4.69) is 4.98 Å². The number of aromatic nitrogens is 1. The lowest BCUT2D eigenvalue weighted by atomic mass is 9.76. The third kappa shape index (κ3) is 2.23. The first-order valence-electron chi connectivity index (χ1n) is 6.34. The van der Waals surface area contributed by atoms with Crippen LogP contribution < -0.4 is 5.73 Å². The van der Waals surface area contributed by atoms with Crippen LogP contribution in [0.3, 0.4) is 0 Å². The van der Waals surface area contributed by atoms with Crippen LogP contribution in [0.2, 0.25) is 5.02 Å². The minimum atomic E-state index is -2.57. The number of nitrogens with one attached hydrogen (secondary N) is 1. The third-order valence-corrected chi connectivity index (χ3v) is 4.29. The van der Waals surface area contributed by atoms with Gasteiger partial charge in [0.25, 0.3) is 0 Å². The molecule has 0 amide bonds. The molecular weight excluding hydrogens is 270 g/mol. The zero-order chi connectivity index (χ0) is 13.7. The molecule has 0 saturated heterocycles. The van der Waals surface area contributed by atoms with Gasteiger partial charge in [-0.3, -0.25) is 0 Å². The lowest BCUT2D eigenvalue weighted by Crippen LogP contribution is -2.43. The van der Waals surface area contributed by atoms with Crippen molar-refractivity contribution in [2.75, 3.05) is 0 Å². The van der Waals surface area contributed by atoms with Crippen molar-refractivity contribution in [1.29, 1.82) is 0 Å². The molecule has 0 aliphatic heterocycles. The number of nitrogens with two attached hydrogens (primary N) is 1. The van der Waals surface area contributed by atoms with Gasteiger partial charge in [0.2, 0.25) is 5.92 Å². The second-order valence-corrected chi connectivity index (χ2v) is 5.84. The maximum absolute atomic E-state index is 13.3. The monoisotopic (exact) mass is 284 g/mol. The molecule has 3 rings (SSSR count). The summed E-state index contributed by atoms with van der Waals surface area (Å²) in [4.78, 5) is 3.12. The average molecular weight is 285 g/mol. The highest BCUT2D eigenvalue weighted by Gasteiger charge is 2.42. The van der Waals surface area contributed by atoms with Gasteiger partial charge in [-0.1, -0.05) is 17.7 Å². The summed E-state index contributed by atoms with van der Waals surface area (Å²) >= 11 is 5.94. The van der Waals surface area contributed by atoms with E-state index >= 15 is 0 Å². The molecule has 19 heavy (non-hydrogen) atoms. The Bertz CT molecular complexity index is 611. The number of halogens is 3. The van der Waals surface area contributed by atoms with Crippen LogP contribution in [0.25, 0.3) is 10.9 Å². The lowest BCUT2D eigenvalue weighted by Gasteiger charge is -2.37. The van der Waals surface area contributed by atoms with Gasteiger partial charge >= 0.3 is 0 Å². The van der Waals surface area contributed by atoms with Gasteiger partial charge in [0.05, 0.1) is 0 Å². The zero-order valence-electron chi connectivity index (χ0n) is 10.3. The molecule has 1 aliphatic carbocycles. The Balaban J connectivity index is 2.00. The van der Waals surface area contributed by atoms with E-state index < -0.39 is 11.5 Å². The lowest BCUT2D eigenvalue weighted by molar-refractivity contribution is -0.0512. The number of H-pyrrole nitrogens is 1. The van der Waals surface area contributed by atoms with E-state index in [1.54, 1.807) is 6.07 Å². The van der Waals surface area contributed by atoms with Gasteiger partial charge in [0.1, 0.15) is 0 Å². The first kappa shape index (κ1) is 12.9. The Morgan fingerprint density at radius 3 is 2.53 bits per heavy atom. The van der Waals surface area contributed by atoms with E-state index in [0.717, 1.165) is 16.5 Å². The quantitative estimate of drug-likeness (QED) is 0.810. The summed E-state index contributed by atoms with van der Waals surface area (Å²) in [7, 11) is 0. The van der Waals surface area contributed by atoms with Crippen LogP contribution in [-0.2, 0) is 5.54 Å². The number of alkyl halides is 2. The molecule has 2 nitrogen and oxygen atoms in total. The van der Waals surface area contributed by atoms with Gasteiger partial charge < -0.3 is 10.7 Å². The second-order valence-electron chi connectivity index (χ2n) is 5.40. The summed E-state index contributed by atoms with van der Waals surface area (Å²) in [6.45, 7) is 0. The molecule has 0 atom stereocenters. The number of benzene rings is 1. The molecule has 102 valence electrons. The van der Waals surface area contributed by atoms with Gasteiger partial charge in [-0.25, -0.2) is 8.78 Å². The molecule has 1 heterocycles. The highest BCUT2D eigenvalue weighted by atomic mass is 35.5. The Kier molecular flexibility index (Phi) is 2.84. The summed E-state index contributed by atoms with van der Waals surface area (Å²) in [5.41, 5.74) is 7.50.